The molecule has 1 fully saturated rings. The number of rotatable bonds is 7. The van der Waals surface area contributed by atoms with Gasteiger partial charge in [-0.1, -0.05) is 55.6 Å². The number of benzene rings is 2. The number of aromatic nitrogens is 2. The van der Waals surface area contributed by atoms with Crippen molar-refractivity contribution in [2.24, 2.45) is 11.8 Å². The summed E-state index contributed by atoms with van der Waals surface area (Å²) >= 11 is 5.88. The summed E-state index contributed by atoms with van der Waals surface area (Å²) in [7, 11) is 3.99. The Hall–Kier alpha value is -2.17. The Bertz CT molecular complexity index is 979. The monoisotopic (exact) mass is 466 g/mol. The van der Waals surface area contributed by atoms with E-state index in [1.165, 1.54) is 44.2 Å². The van der Waals surface area contributed by atoms with E-state index in [0.717, 1.165) is 52.4 Å². The highest BCUT2D eigenvalue weighted by atomic mass is 35.5. The average Bonchev–Trinajstić information content (AvgIpc) is 2.81. The zero-order chi connectivity index (χ0) is 23.6. The summed E-state index contributed by atoms with van der Waals surface area (Å²) in [6, 6.07) is 16.3. The van der Waals surface area contributed by atoms with Crippen LogP contribution >= 0.6 is 11.6 Å². The van der Waals surface area contributed by atoms with E-state index >= 15 is 0 Å². The van der Waals surface area contributed by atoms with E-state index in [2.05, 4.69) is 34.3 Å². The molecule has 4 nitrogen and oxygen atoms in total. The normalized spacial score (nSPS) is 18.0. The first-order valence-electron chi connectivity index (χ1n) is 12.3. The summed E-state index contributed by atoms with van der Waals surface area (Å²) in [6.45, 7) is 6.65. The molecule has 1 N–H and O–H groups in total. The molecule has 0 spiro atoms. The summed E-state index contributed by atoms with van der Waals surface area (Å²) in [6.07, 6.45) is 8.06. The molecule has 5 heteroatoms. The molecular weight excluding hydrogens is 428 g/mol. The highest BCUT2D eigenvalue weighted by molar-refractivity contribution is 6.30. The Balaban J connectivity index is 0.000000194. The molecule has 1 aliphatic rings. The molecule has 1 aromatic heterocycles. The van der Waals surface area contributed by atoms with Crippen LogP contribution in [0.15, 0.2) is 48.5 Å². The van der Waals surface area contributed by atoms with Crippen LogP contribution in [0.3, 0.4) is 0 Å². The number of aryl methyl sites for hydroxylation is 2. The van der Waals surface area contributed by atoms with Gasteiger partial charge in [-0.25, -0.2) is 9.97 Å². The van der Waals surface area contributed by atoms with Crippen molar-refractivity contribution in [2.75, 3.05) is 32.1 Å². The predicted molar refractivity (Wildman–Crippen MR) is 142 cm³/mol. The first-order chi connectivity index (χ1) is 15.9. The molecule has 0 amide bonds. The van der Waals surface area contributed by atoms with Crippen molar-refractivity contribution >= 4 is 28.3 Å². The van der Waals surface area contributed by atoms with E-state index in [1.807, 2.05) is 62.3 Å². The minimum absolute atomic E-state index is 0.812. The van der Waals surface area contributed by atoms with Crippen molar-refractivity contribution in [3.05, 3.63) is 64.9 Å². The predicted octanol–water partition coefficient (Wildman–Crippen LogP) is 6.69. The molecule has 0 bridgehead atoms. The van der Waals surface area contributed by atoms with Gasteiger partial charge in [0.05, 0.1) is 5.52 Å². The third-order valence-corrected chi connectivity index (χ3v) is 6.67. The van der Waals surface area contributed by atoms with Crippen molar-refractivity contribution in [3.8, 4) is 0 Å². The molecular formula is C28H39ClN4. The number of anilines is 1. The van der Waals surface area contributed by atoms with Gasteiger partial charge in [0.1, 0.15) is 11.6 Å². The number of halogens is 1. The SMILES string of the molecule is CC1CCC(CNCCCc2ccc(Cl)cc2)CC1.Cc1nc(N(C)C)c2ccccc2n1. The van der Waals surface area contributed by atoms with Gasteiger partial charge >= 0.3 is 0 Å². The van der Waals surface area contributed by atoms with Crippen molar-refractivity contribution < 1.29 is 0 Å². The van der Waals surface area contributed by atoms with Crippen LogP contribution in [0.4, 0.5) is 5.82 Å². The molecule has 0 radical (unpaired) electrons. The minimum Gasteiger partial charge on any atom is -0.362 e. The molecule has 2 aromatic carbocycles. The van der Waals surface area contributed by atoms with Gasteiger partial charge in [-0.05, 0) is 87.4 Å². The second kappa shape index (κ2) is 12.9. The second-order valence-electron chi connectivity index (χ2n) is 9.57. The van der Waals surface area contributed by atoms with E-state index in [-0.39, 0.29) is 0 Å². The molecule has 1 aliphatic carbocycles. The van der Waals surface area contributed by atoms with Crippen LogP contribution in [0.2, 0.25) is 5.02 Å². The van der Waals surface area contributed by atoms with E-state index in [9.17, 15) is 0 Å². The Morgan fingerprint density at radius 2 is 1.67 bits per heavy atom. The first kappa shape index (κ1) is 25.5. The standard InChI is InChI=1S/C17H26ClN.C11H13N3/c1-14-4-6-16(7-5-14)13-19-12-2-3-15-8-10-17(18)11-9-15;1-8-12-10-7-5-4-6-9(10)11(13-8)14(2)3/h8-11,14,16,19H,2-7,12-13H2,1H3;4-7H,1-3H3. The maximum Gasteiger partial charge on any atom is 0.139 e. The maximum absolute atomic E-state index is 5.88. The zero-order valence-corrected chi connectivity index (χ0v) is 21.4. The average molecular weight is 467 g/mol. The molecule has 178 valence electrons. The lowest BCUT2D eigenvalue weighted by Crippen LogP contribution is -2.27. The van der Waals surface area contributed by atoms with Gasteiger partial charge in [0.15, 0.2) is 0 Å². The van der Waals surface area contributed by atoms with Gasteiger partial charge in [-0.2, -0.15) is 0 Å². The molecule has 1 saturated carbocycles. The molecule has 1 heterocycles. The van der Waals surface area contributed by atoms with E-state index in [1.54, 1.807) is 0 Å². The third-order valence-electron chi connectivity index (χ3n) is 6.42. The van der Waals surface area contributed by atoms with Crippen molar-refractivity contribution in [2.45, 2.75) is 52.4 Å². The van der Waals surface area contributed by atoms with Gasteiger partial charge in [0.25, 0.3) is 0 Å². The number of hydrogen-bond acceptors (Lipinski definition) is 4. The third kappa shape index (κ3) is 8.28. The molecule has 4 rings (SSSR count). The van der Waals surface area contributed by atoms with Gasteiger partial charge in [-0.15, -0.1) is 0 Å². The fourth-order valence-corrected chi connectivity index (χ4v) is 4.55. The van der Waals surface area contributed by atoms with Gasteiger partial charge < -0.3 is 10.2 Å². The van der Waals surface area contributed by atoms with Gasteiger partial charge in [0.2, 0.25) is 0 Å². The first-order valence-corrected chi connectivity index (χ1v) is 12.7. The van der Waals surface area contributed by atoms with Crippen LogP contribution in [0.25, 0.3) is 10.9 Å². The maximum atomic E-state index is 5.88. The number of fused-ring (bicyclic) bond motifs is 1. The van der Waals surface area contributed by atoms with Crippen LogP contribution in [0, 0.1) is 18.8 Å². The molecule has 0 aliphatic heterocycles. The van der Waals surface area contributed by atoms with Crippen LogP contribution in [-0.4, -0.2) is 37.2 Å². The van der Waals surface area contributed by atoms with Crippen molar-refractivity contribution in [1.29, 1.82) is 0 Å². The Morgan fingerprint density at radius 3 is 2.36 bits per heavy atom. The van der Waals surface area contributed by atoms with Crippen LogP contribution in [0.1, 0.15) is 50.4 Å². The number of nitrogens with one attached hydrogen (secondary N) is 1. The largest absolute Gasteiger partial charge is 0.362 e. The summed E-state index contributed by atoms with van der Waals surface area (Å²) in [5.41, 5.74) is 2.39. The Labute approximate surface area is 204 Å². The Kier molecular flexibility index (Phi) is 9.95. The van der Waals surface area contributed by atoms with E-state index in [0.29, 0.717) is 0 Å². The fourth-order valence-electron chi connectivity index (χ4n) is 4.42. The zero-order valence-electron chi connectivity index (χ0n) is 20.6. The van der Waals surface area contributed by atoms with Gasteiger partial charge in [0, 0.05) is 24.5 Å². The van der Waals surface area contributed by atoms with Crippen molar-refractivity contribution in [1.82, 2.24) is 15.3 Å². The second-order valence-corrected chi connectivity index (χ2v) is 10.0. The number of hydrogen-bond donors (Lipinski definition) is 1. The number of nitrogens with zero attached hydrogens (tertiary/aromatic N) is 3. The van der Waals surface area contributed by atoms with E-state index in [4.69, 9.17) is 11.6 Å². The fraction of sp³-hybridized carbons (Fsp3) is 0.500. The highest BCUT2D eigenvalue weighted by Crippen LogP contribution is 2.27. The number of para-hydroxylation sites is 1. The lowest BCUT2D eigenvalue weighted by molar-refractivity contribution is 0.282. The molecule has 33 heavy (non-hydrogen) atoms. The smallest absolute Gasteiger partial charge is 0.139 e. The molecule has 0 atom stereocenters. The Morgan fingerprint density at radius 1 is 0.970 bits per heavy atom. The lowest BCUT2D eigenvalue weighted by atomic mass is 9.83. The van der Waals surface area contributed by atoms with Crippen LogP contribution in [0.5, 0.6) is 0 Å². The van der Waals surface area contributed by atoms with Crippen LogP contribution in [-0.2, 0) is 6.42 Å². The van der Waals surface area contributed by atoms with E-state index < -0.39 is 0 Å². The topological polar surface area (TPSA) is 41.1 Å². The molecule has 3 aromatic rings. The summed E-state index contributed by atoms with van der Waals surface area (Å²) in [5.74, 6) is 3.67. The summed E-state index contributed by atoms with van der Waals surface area (Å²) < 4.78 is 0. The lowest BCUT2D eigenvalue weighted by Gasteiger charge is -2.26. The highest BCUT2D eigenvalue weighted by Gasteiger charge is 2.17. The summed E-state index contributed by atoms with van der Waals surface area (Å²) in [4.78, 5) is 10.8. The van der Waals surface area contributed by atoms with Crippen LogP contribution < -0.4 is 10.2 Å². The molecule has 0 unspecified atom stereocenters. The van der Waals surface area contributed by atoms with Crippen molar-refractivity contribution in [3.63, 3.8) is 0 Å². The molecule has 0 saturated heterocycles. The quantitative estimate of drug-likeness (QED) is 0.393. The van der Waals surface area contributed by atoms with Gasteiger partial charge in [-0.3, -0.25) is 0 Å². The minimum atomic E-state index is 0.812. The summed E-state index contributed by atoms with van der Waals surface area (Å²) in [5, 5.41) is 5.55.